The van der Waals surface area contributed by atoms with Crippen LogP contribution in [0.25, 0.3) is 6.08 Å². The third kappa shape index (κ3) is 4.96. The lowest BCUT2D eigenvalue weighted by atomic mass is 10.2. The second-order valence-electron chi connectivity index (χ2n) is 4.75. The van der Waals surface area contributed by atoms with Crippen LogP contribution in [0.3, 0.4) is 0 Å². The summed E-state index contributed by atoms with van der Waals surface area (Å²) in [4.78, 5) is 22.0. The molecule has 0 unspecified atom stereocenters. The standard InChI is InChI=1S/C17H16N2O4/c1-23-16-8-5-14(6-9-16)12-18-17(20)10-7-13-3-2-4-15(11-13)19(21)22/h2-11H,12H2,1H3,(H,18,20)/b10-7+. The van der Waals surface area contributed by atoms with Crippen molar-refractivity contribution in [2.45, 2.75) is 6.54 Å². The number of methoxy groups -OCH3 is 1. The Morgan fingerprint density at radius 2 is 2.00 bits per heavy atom. The molecule has 2 rings (SSSR count). The summed E-state index contributed by atoms with van der Waals surface area (Å²) in [5.74, 6) is 0.484. The number of benzene rings is 2. The van der Waals surface area contributed by atoms with E-state index >= 15 is 0 Å². The van der Waals surface area contributed by atoms with Crippen LogP contribution in [-0.2, 0) is 11.3 Å². The van der Waals surface area contributed by atoms with Crippen LogP contribution in [0, 0.1) is 10.1 Å². The van der Waals surface area contributed by atoms with Crippen LogP contribution >= 0.6 is 0 Å². The summed E-state index contributed by atoms with van der Waals surface area (Å²) in [5, 5.41) is 13.4. The summed E-state index contributed by atoms with van der Waals surface area (Å²) in [5.41, 5.74) is 1.53. The zero-order valence-electron chi connectivity index (χ0n) is 12.6. The molecule has 6 nitrogen and oxygen atoms in total. The maximum Gasteiger partial charge on any atom is 0.270 e. The summed E-state index contributed by atoms with van der Waals surface area (Å²) in [6.07, 6.45) is 2.89. The number of carbonyl (C=O) groups excluding carboxylic acids is 1. The quantitative estimate of drug-likeness (QED) is 0.505. The predicted octanol–water partition coefficient (Wildman–Crippen LogP) is 2.93. The predicted molar refractivity (Wildman–Crippen MR) is 87.0 cm³/mol. The highest BCUT2D eigenvalue weighted by molar-refractivity contribution is 5.91. The van der Waals surface area contributed by atoms with E-state index in [0.717, 1.165) is 11.3 Å². The lowest BCUT2D eigenvalue weighted by Gasteiger charge is -2.04. The van der Waals surface area contributed by atoms with Crippen molar-refractivity contribution in [2.24, 2.45) is 0 Å². The van der Waals surface area contributed by atoms with Gasteiger partial charge < -0.3 is 10.1 Å². The normalized spacial score (nSPS) is 10.5. The molecule has 0 saturated heterocycles. The van der Waals surface area contributed by atoms with Crippen LogP contribution in [0.4, 0.5) is 5.69 Å². The van der Waals surface area contributed by atoms with Crippen molar-refractivity contribution in [1.82, 2.24) is 5.32 Å². The fourth-order valence-electron chi connectivity index (χ4n) is 1.91. The number of nitro benzene ring substituents is 1. The molecule has 0 heterocycles. The minimum Gasteiger partial charge on any atom is -0.497 e. The SMILES string of the molecule is COc1ccc(CNC(=O)/C=C/c2cccc([N+](=O)[O-])c2)cc1. The maximum atomic E-state index is 11.8. The van der Waals surface area contributed by atoms with Crippen molar-refractivity contribution in [2.75, 3.05) is 7.11 Å². The minimum absolute atomic E-state index is 0.00853. The first-order valence-corrected chi connectivity index (χ1v) is 6.92. The molecule has 0 bridgehead atoms. The van der Waals surface area contributed by atoms with Crippen LogP contribution < -0.4 is 10.1 Å². The topological polar surface area (TPSA) is 81.5 Å². The second-order valence-corrected chi connectivity index (χ2v) is 4.75. The number of carbonyl (C=O) groups is 1. The van der Waals surface area contributed by atoms with E-state index in [-0.39, 0.29) is 11.6 Å². The Bertz CT molecular complexity index is 724. The molecule has 0 fully saturated rings. The molecule has 118 valence electrons. The molecule has 1 N–H and O–H groups in total. The molecule has 0 aliphatic carbocycles. The highest BCUT2D eigenvalue weighted by atomic mass is 16.6. The fourth-order valence-corrected chi connectivity index (χ4v) is 1.91. The first-order valence-electron chi connectivity index (χ1n) is 6.92. The minimum atomic E-state index is -0.471. The van der Waals surface area contributed by atoms with E-state index in [1.807, 2.05) is 24.3 Å². The number of non-ortho nitro benzene ring substituents is 1. The van der Waals surface area contributed by atoms with Gasteiger partial charge in [0.05, 0.1) is 12.0 Å². The van der Waals surface area contributed by atoms with Gasteiger partial charge in [0.2, 0.25) is 5.91 Å². The molecule has 0 aliphatic rings. The van der Waals surface area contributed by atoms with Crippen molar-refractivity contribution < 1.29 is 14.5 Å². The van der Waals surface area contributed by atoms with Crippen molar-refractivity contribution >= 4 is 17.7 Å². The Balaban J connectivity index is 1.91. The number of nitrogens with zero attached hydrogens (tertiary/aromatic N) is 1. The van der Waals surface area contributed by atoms with Crippen LogP contribution in [0.15, 0.2) is 54.6 Å². The lowest BCUT2D eigenvalue weighted by Crippen LogP contribution is -2.20. The highest BCUT2D eigenvalue weighted by Crippen LogP contribution is 2.14. The number of hydrogen-bond donors (Lipinski definition) is 1. The van der Waals surface area contributed by atoms with Gasteiger partial charge in [-0.05, 0) is 29.3 Å². The van der Waals surface area contributed by atoms with E-state index in [1.165, 1.54) is 24.3 Å². The Labute approximate surface area is 133 Å². The Morgan fingerprint density at radius 1 is 1.26 bits per heavy atom. The van der Waals surface area contributed by atoms with Gasteiger partial charge in [0.1, 0.15) is 5.75 Å². The van der Waals surface area contributed by atoms with E-state index in [9.17, 15) is 14.9 Å². The van der Waals surface area contributed by atoms with E-state index in [4.69, 9.17) is 4.74 Å². The number of hydrogen-bond acceptors (Lipinski definition) is 4. The Kier molecular flexibility index (Phi) is 5.46. The molecule has 0 radical (unpaired) electrons. The van der Waals surface area contributed by atoms with Gasteiger partial charge in [-0.25, -0.2) is 0 Å². The van der Waals surface area contributed by atoms with Crippen LogP contribution in [0.2, 0.25) is 0 Å². The molecule has 0 aromatic heterocycles. The molecule has 0 atom stereocenters. The molecule has 23 heavy (non-hydrogen) atoms. The van der Waals surface area contributed by atoms with Crippen molar-refractivity contribution in [3.8, 4) is 5.75 Å². The first-order chi connectivity index (χ1) is 11.1. The van der Waals surface area contributed by atoms with Gasteiger partial charge in [-0.2, -0.15) is 0 Å². The van der Waals surface area contributed by atoms with E-state index < -0.39 is 4.92 Å². The summed E-state index contributed by atoms with van der Waals surface area (Å²) in [6, 6.07) is 13.5. The zero-order chi connectivity index (χ0) is 16.7. The van der Waals surface area contributed by atoms with Gasteiger partial charge in [0.15, 0.2) is 0 Å². The van der Waals surface area contributed by atoms with E-state index in [1.54, 1.807) is 19.2 Å². The van der Waals surface area contributed by atoms with Crippen LogP contribution in [0.1, 0.15) is 11.1 Å². The third-order valence-electron chi connectivity index (χ3n) is 3.13. The summed E-state index contributed by atoms with van der Waals surface area (Å²) in [6.45, 7) is 0.391. The van der Waals surface area contributed by atoms with Crippen molar-refractivity contribution in [1.29, 1.82) is 0 Å². The number of nitrogens with one attached hydrogen (secondary N) is 1. The molecular weight excluding hydrogens is 296 g/mol. The largest absolute Gasteiger partial charge is 0.497 e. The molecule has 6 heteroatoms. The number of nitro groups is 1. The van der Waals surface area contributed by atoms with Gasteiger partial charge in [-0.15, -0.1) is 0 Å². The Hall–Kier alpha value is -3.15. The maximum absolute atomic E-state index is 11.8. The van der Waals surface area contributed by atoms with Crippen LogP contribution in [0.5, 0.6) is 5.75 Å². The van der Waals surface area contributed by atoms with Crippen molar-refractivity contribution in [3.63, 3.8) is 0 Å². The molecule has 1 amide bonds. The third-order valence-corrected chi connectivity index (χ3v) is 3.13. The van der Waals surface area contributed by atoms with E-state index in [0.29, 0.717) is 12.1 Å². The van der Waals surface area contributed by atoms with Gasteiger partial charge in [-0.1, -0.05) is 24.3 Å². The van der Waals surface area contributed by atoms with Crippen LogP contribution in [-0.4, -0.2) is 17.9 Å². The smallest absolute Gasteiger partial charge is 0.270 e. The molecule has 0 aliphatic heterocycles. The Morgan fingerprint density at radius 3 is 2.65 bits per heavy atom. The molecule has 0 saturated carbocycles. The number of rotatable bonds is 6. The lowest BCUT2D eigenvalue weighted by molar-refractivity contribution is -0.384. The van der Waals surface area contributed by atoms with E-state index in [2.05, 4.69) is 5.32 Å². The van der Waals surface area contributed by atoms with Gasteiger partial charge >= 0.3 is 0 Å². The average Bonchev–Trinajstić information content (AvgIpc) is 2.58. The summed E-state index contributed by atoms with van der Waals surface area (Å²) >= 11 is 0. The molecule has 2 aromatic rings. The van der Waals surface area contributed by atoms with Gasteiger partial charge in [-0.3, -0.25) is 14.9 Å². The van der Waals surface area contributed by atoms with Crippen molar-refractivity contribution in [3.05, 3.63) is 75.8 Å². The number of amides is 1. The molecule has 0 spiro atoms. The second kappa shape index (κ2) is 7.74. The monoisotopic (exact) mass is 312 g/mol. The first kappa shape index (κ1) is 16.2. The zero-order valence-corrected chi connectivity index (χ0v) is 12.6. The van der Waals surface area contributed by atoms with Gasteiger partial charge in [0.25, 0.3) is 5.69 Å². The summed E-state index contributed by atoms with van der Waals surface area (Å²) in [7, 11) is 1.59. The van der Waals surface area contributed by atoms with Gasteiger partial charge in [0, 0.05) is 24.8 Å². The number of ether oxygens (including phenoxy) is 1. The fraction of sp³-hybridized carbons (Fsp3) is 0.118. The summed E-state index contributed by atoms with van der Waals surface area (Å²) < 4.78 is 5.06. The molecule has 2 aromatic carbocycles. The average molecular weight is 312 g/mol. The highest BCUT2D eigenvalue weighted by Gasteiger charge is 2.04. The molecular formula is C17H16N2O4.